The molecule has 0 aliphatic rings. The van der Waals surface area contributed by atoms with Crippen molar-refractivity contribution in [3.8, 4) is 0 Å². The monoisotopic (exact) mass is 626 g/mol. The number of nitrogens with zero attached hydrogens (tertiary/aromatic N) is 6. The molecule has 0 bridgehead atoms. The van der Waals surface area contributed by atoms with Crippen molar-refractivity contribution in [2.75, 3.05) is 0 Å². The maximum Gasteiger partial charge on any atom is 0.310 e. The van der Waals surface area contributed by atoms with Crippen molar-refractivity contribution in [3.05, 3.63) is 166 Å². The average molecular weight is 627 g/mol. The Morgan fingerprint density at radius 2 is 0.872 bits per heavy atom. The van der Waals surface area contributed by atoms with Gasteiger partial charge in [-0.2, -0.15) is 0 Å². The van der Waals surface area contributed by atoms with Crippen molar-refractivity contribution in [1.82, 2.24) is 30.0 Å². The molecule has 0 saturated heterocycles. The summed E-state index contributed by atoms with van der Waals surface area (Å²) in [6, 6.07) is 35.8. The van der Waals surface area contributed by atoms with E-state index in [-0.39, 0.29) is 38.0 Å². The van der Waals surface area contributed by atoms with Gasteiger partial charge in [-0.15, -0.1) is 10.2 Å². The fourth-order valence-electron chi connectivity index (χ4n) is 5.03. The molecular weight excluding hydrogens is 592 g/mol. The summed E-state index contributed by atoms with van der Waals surface area (Å²) in [5.41, 5.74) is 7.43. The molecule has 0 N–H and O–H groups in total. The van der Waals surface area contributed by atoms with Crippen molar-refractivity contribution in [1.29, 1.82) is 0 Å². The van der Waals surface area contributed by atoms with Crippen LogP contribution < -0.4 is 0 Å². The molecule has 2 heterocycles. The molecule has 6 aromatic rings. The molecule has 0 unspecified atom stereocenters. The molecule has 0 aliphatic heterocycles. The number of hydrogen-bond donors (Lipinski definition) is 0. The lowest BCUT2D eigenvalue weighted by molar-refractivity contribution is -0.145. The molecule has 2 aromatic heterocycles. The quantitative estimate of drug-likeness (QED) is 0.153. The molecule has 0 radical (unpaired) electrons. The van der Waals surface area contributed by atoms with Crippen LogP contribution in [0.3, 0.4) is 0 Å². The summed E-state index contributed by atoms with van der Waals surface area (Å²) in [4.78, 5) is 24.9. The van der Waals surface area contributed by atoms with Gasteiger partial charge in [-0.05, 0) is 39.8 Å². The number of benzene rings is 4. The van der Waals surface area contributed by atoms with Crippen LogP contribution >= 0.6 is 0 Å². The Hall–Kier alpha value is -5.90. The summed E-state index contributed by atoms with van der Waals surface area (Å²) in [7, 11) is 0. The minimum Gasteiger partial charge on any atom is -0.459 e. The van der Waals surface area contributed by atoms with Gasteiger partial charge in [0.05, 0.1) is 38.3 Å². The van der Waals surface area contributed by atoms with Crippen LogP contribution in [0.15, 0.2) is 122 Å². The highest BCUT2D eigenvalue weighted by Crippen LogP contribution is 2.14. The minimum atomic E-state index is -0.320. The average Bonchev–Trinajstić information content (AvgIpc) is 3.75. The molecule has 0 atom stereocenters. The van der Waals surface area contributed by atoms with Gasteiger partial charge >= 0.3 is 11.9 Å². The molecule has 10 heteroatoms. The third-order valence-corrected chi connectivity index (χ3v) is 7.46. The van der Waals surface area contributed by atoms with E-state index in [1.54, 1.807) is 21.8 Å². The second kappa shape index (κ2) is 15.4. The Kier molecular flexibility index (Phi) is 10.2. The normalized spacial score (nSPS) is 10.9. The van der Waals surface area contributed by atoms with Crippen LogP contribution in [0.5, 0.6) is 0 Å². The van der Waals surface area contributed by atoms with Crippen LogP contribution in [0.1, 0.15) is 44.8 Å². The molecular formula is C37H34N6O4. The van der Waals surface area contributed by atoms with Gasteiger partial charge in [-0.3, -0.25) is 9.59 Å². The van der Waals surface area contributed by atoms with E-state index in [0.717, 1.165) is 39.8 Å². The highest BCUT2D eigenvalue weighted by molar-refractivity contribution is 5.73. The van der Waals surface area contributed by atoms with E-state index in [2.05, 4.69) is 20.6 Å². The number of carbonyl (C=O) groups excluding carboxylic acids is 2. The zero-order chi connectivity index (χ0) is 32.3. The van der Waals surface area contributed by atoms with Crippen LogP contribution in [-0.2, 0) is 64.6 Å². The van der Waals surface area contributed by atoms with Gasteiger partial charge in [0.25, 0.3) is 0 Å². The first-order chi connectivity index (χ1) is 23.0. The predicted octanol–water partition coefficient (Wildman–Crippen LogP) is 5.13. The van der Waals surface area contributed by atoms with E-state index in [0.29, 0.717) is 24.5 Å². The summed E-state index contributed by atoms with van der Waals surface area (Å²) in [6.45, 7) is 1.38. The zero-order valence-electron chi connectivity index (χ0n) is 25.8. The molecule has 0 saturated carbocycles. The van der Waals surface area contributed by atoms with Crippen molar-refractivity contribution in [2.24, 2.45) is 0 Å². The van der Waals surface area contributed by atoms with Gasteiger partial charge in [0.15, 0.2) is 0 Å². The van der Waals surface area contributed by atoms with Gasteiger partial charge in [0.2, 0.25) is 0 Å². The third kappa shape index (κ3) is 9.54. The van der Waals surface area contributed by atoms with Gasteiger partial charge in [0, 0.05) is 0 Å². The first-order valence-corrected chi connectivity index (χ1v) is 15.4. The second-order valence-corrected chi connectivity index (χ2v) is 11.3. The molecule has 0 fully saturated rings. The summed E-state index contributed by atoms with van der Waals surface area (Å²) in [5, 5.41) is 16.4. The molecule has 0 spiro atoms. The Labute approximate surface area is 272 Å². The number of rotatable bonds is 14. The van der Waals surface area contributed by atoms with Crippen molar-refractivity contribution < 1.29 is 19.1 Å². The lowest BCUT2D eigenvalue weighted by Gasteiger charge is -2.07. The van der Waals surface area contributed by atoms with Crippen LogP contribution in [0.25, 0.3) is 0 Å². The summed E-state index contributed by atoms with van der Waals surface area (Å²) >= 11 is 0. The molecule has 47 heavy (non-hydrogen) atoms. The maximum absolute atomic E-state index is 12.4. The van der Waals surface area contributed by atoms with Gasteiger partial charge in [-0.1, -0.05) is 120 Å². The predicted molar refractivity (Wildman–Crippen MR) is 174 cm³/mol. The lowest BCUT2D eigenvalue weighted by atomic mass is 10.0. The first-order valence-electron chi connectivity index (χ1n) is 15.4. The summed E-state index contributed by atoms with van der Waals surface area (Å²) in [6.07, 6.45) is 4.66. The zero-order valence-corrected chi connectivity index (χ0v) is 25.8. The number of ether oxygens (including phenoxy) is 2. The van der Waals surface area contributed by atoms with Crippen LogP contribution in [-0.4, -0.2) is 41.9 Å². The number of hydrogen-bond acceptors (Lipinski definition) is 8. The molecule has 236 valence electrons. The SMILES string of the molecule is O=C(Cc1ccc(Cc2ccc(CC(=O)OCc3cn(Cc4ccccc4)nn3)cc2)cc1)OCc1cn(Cc2ccccc2)nn1. The van der Waals surface area contributed by atoms with E-state index in [1.807, 2.05) is 109 Å². The Bertz CT molecular complexity index is 1750. The number of aromatic nitrogens is 6. The largest absolute Gasteiger partial charge is 0.459 e. The molecule has 10 nitrogen and oxygen atoms in total. The fourth-order valence-corrected chi connectivity index (χ4v) is 5.03. The number of esters is 2. The Morgan fingerprint density at radius 3 is 1.28 bits per heavy atom. The van der Waals surface area contributed by atoms with Gasteiger partial charge < -0.3 is 9.47 Å². The van der Waals surface area contributed by atoms with Crippen molar-refractivity contribution in [3.63, 3.8) is 0 Å². The van der Waals surface area contributed by atoms with Crippen LogP contribution in [0.4, 0.5) is 0 Å². The van der Waals surface area contributed by atoms with E-state index in [1.165, 1.54) is 0 Å². The summed E-state index contributed by atoms with van der Waals surface area (Å²) < 4.78 is 14.3. The smallest absolute Gasteiger partial charge is 0.310 e. The molecule has 4 aromatic carbocycles. The third-order valence-electron chi connectivity index (χ3n) is 7.46. The van der Waals surface area contributed by atoms with Crippen molar-refractivity contribution >= 4 is 11.9 Å². The number of carbonyl (C=O) groups is 2. The molecule has 0 aliphatic carbocycles. The summed E-state index contributed by atoms with van der Waals surface area (Å²) in [5.74, 6) is -0.641. The van der Waals surface area contributed by atoms with E-state index >= 15 is 0 Å². The fraction of sp³-hybridized carbons (Fsp3) is 0.189. The molecule has 6 rings (SSSR count). The highest BCUT2D eigenvalue weighted by atomic mass is 16.5. The maximum atomic E-state index is 12.4. The first kappa shape index (κ1) is 31.1. The van der Waals surface area contributed by atoms with E-state index in [4.69, 9.17) is 9.47 Å². The lowest BCUT2D eigenvalue weighted by Crippen LogP contribution is -2.08. The van der Waals surface area contributed by atoms with Crippen molar-refractivity contribution in [2.45, 2.75) is 45.6 Å². The van der Waals surface area contributed by atoms with Crippen LogP contribution in [0, 0.1) is 0 Å². The minimum absolute atomic E-state index is 0.0808. The Balaban J connectivity index is 0.902. The standard InChI is InChI=1S/C37H34N6O4/c44-36(46-26-34-24-42(40-38-34)22-32-7-3-1-4-8-32)20-30-15-11-28(12-16-30)19-29-13-17-31(18-14-29)21-37(45)47-27-35-25-43(41-39-35)23-33-9-5-2-6-10-33/h1-18,24-25H,19-23,26-27H2. The highest BCUT2D eigenvalue weighted by Gasteiger charge is 2.10. The van der Waals surface area contributed by atoms with Gasteiger partial charge in [-0.25, -0.2) is 9.36 Å². The molecule has 0 amide bonds. The van der Waals surface area contributed by atoms with Crippen LogP contribution in [0.2, 0.25) is 0 Å². The van der Waals surface area contributed by atoms with Gasteiger partial charge in [0.1, 0.15) is 24.6 Å². The topological polar surface area (TPSA) is 114 Å². The second-order valence-electron chi connectivity index (χ2n) is 11.3. The Morgan fingerprint density at radius 1 is 0.489 bits per heavy atom. The van der Waals surface area contributed by atoms with E-state index in [9.17, 15) is 9.59 Å². The van der Waals surface area contributed by atoms with E-state index < -0.39 is 0 Å².